The van der Waals surface area contributed by atoms with Crippen molar-refractivity contribution in [1.82, 2.24) is 4.90 Å². The predicted octanol–water partition coefficient (Wildman–Crippen LogP) is 2.31. The van der Waals surface area contributed by atoms with E-state index in [1.807, 2.05) is 13.8 Å². The Labute approximate surface area is 95.1 Å². The van der Waals surface area contributed by atoms with Crippen LogP contribution in [-0.4, -0.2) is 24.5 Å². The number of likely N-dealkylation sites (N-methyl/N-ethyl adjacent to an activating group) is 1. The minimum Gasteiger partial charge on any atom is -0.323 e. The zero-order chi connectivity index (χ0) is 12.1. The van der Waals surface area contributed by atoms with E-state index in [1.54, 1.807) is 0 Å². The van der Waals surface area contributed by atoms with Gasteiger partial charge in [0, 0.05) is 18.2 Å². The second kappa shape index (κ2) is 5.92. The average Bonchev–Trinajstić information content (AvgIpc) is 2.29. The normalized spacial score (nSPS) is 13.1. The van der Waals surface area contributed by atoms with Gasteiger partial charge in [-0.3, -0.25) is 0 Å². The van der Waals surface area contributed by atoms with Gasteiger partial charge in [-0.15, -0.1) is 0 Å². The van der Waals surface area contributed by atoms with Crippen molar-refractivity contribution >= 4 is 0 Å². The molecule has 0 aliphatic heterocycles. The molecule has 0 spiro atoms. The number of rotatable bonds is 5. The van der Waals surface area contributed by atoms with Crippen molar-refractivity contribution < 1.29 is 8.78 Å². The maximum atomic E-state index is 13.4. The maximum absolute atomic E-state index is 13.4. The van der Waals surface area contributed by atoms with Crippen LogP contribution in [-0.2, 0) is 0 Å². The van der Waals surface area contributed by atoms with Crippen LogP contribution in [0.5, 0.6) is 0 Å². The topological polar surface area (TPSA) is 29.3 Å². The van der Waals surface area contributed by atoms with E-state index < -0.39 is 17.7 Å². The van der Waals surface area contributed by atoms with Gasteiger partial charge in [0.25, 0.3) is 0 Å². The summed E-state index contributed by atoms with van der Waals surface area (Å²) in [6.45, 7) is 6.26. The number of benzene rings is 1. The van der Waals surface area contributed by atoms with E-state index in [2.05, 4.69) is 4.90 Å². The molecule has 0 amide bonds. The van der Waals surface area contributed by atoms with E-state index in [4.69, 9.17) is 5.73 Å². The van der Waals surface area contributed by atoms with Gasteiger partial charge in [0.15, 0.2) is 11.6 Å². The van der Waals surface area contributed by atoms with Crippen LogP contribution in [0, 0.1) is 11.6 Å². The van der Waals surface area contributed by atoms with Gasteiger partial charge in [0.2, 0.25) is 0 Å². The second-order valence-electron chi connectivity index (χ2n) is 3.74. The predicted molar refractivity (Wildman–Crippen MR) is 61.1 cm³/mol. The molecule has 90 valence electrons. The highest BCUT2D eigenvalue weighted by atomic mass is 19.2. The van der Waals surface area contributed by atoms with Gasteiger partial charge in [0.1, 0.15) is 0 Å². The van der Waals surface area contributed by atoms with Crippen LogP contribution in [0.25, 0.3) is 0 Å². The SMILES string of the molecule is CCN(CC)CC(N)c1cccc(F)c1F. The summed E-state index contributed by atoms with van der Waals surface area (Å²) >= 11 is 0. The molecule has 1 atom stereocenters. The van der Waals surface area contributed by atoms with E-state index in [9.17, 15) is 8.78 Å². The standard InChI is InChI=1S/C12H18F2N2/c1-3-16(4-2)8-11(15)9-6-5-7-10(13)12(9)14/h5-7,11H,3-4,8,15H2,1-2H3. The molecule has 0 radical (unpaired) electrons. The third-order valence-corrected chi connectivity index (χ3v) is 2.73. The Morgan fingerprint density at radius 3 is 2.44 bits per heavy atom. The summed E-state index contributed by atoms with van der Waals surface area (Å²) in [4.78, 5) is 2.08. The summed E-state index contributed by atoms with van der Waals surface area (Å²) in [6, 6.07) is 3.63. The number of nitrogens with two attached hydrogens (primary N) is 1. The number of halogens is 2. The Bertz CT molecular complexity index is 338. The molecule has 16 heavy (non-hydrogen) atoms. The lowest BCUT2D eigenvalue weighted by Gasteiger charge is -2.23. The number of hydrogen-bond donors (Lipinski definition) is 1. The van der Waals surface area contributed by atoms with Gasteiger partial charge in [-0.1, -0.05) is 26.0 Å². The van der Waals surface area contributed by atoms with Crippen molar-refractivity contribution in [2.75, 3.05) is 19.6 Å². The first-order chi connectivity index (χ1) is 7.60. The molecular weight excluding hydrogens is 210 g/mol. The molecule has 0 aliphatic carbocycles. The molecule has 0 aliphatic rings. The number of nitrogens with zero attached hydrogens (tertiary/aromatic N) is 1. The third kappa shape index (κ3) is 3.00. The molecule has 0 fully saturated rings. The molecule has 2 nitrogen and oxygen atoms in total. The molecule has 2 N–H and O–H groups in total. The lowest BCUT2D eigenvalue weighted by molar-refractivity contribution is 0.281. The van der Waals surface area contributed by atoms with Crippen molar-refractivity contribution in [1.29, 1.82) is 0 Å². The minimum absolute atomic E-state index is 0.243. The highest BCUT2D eigenvalue weighted by Crippen LogP contribution is 2.18. The van der Waals surface area contributed by atoms with E-state index in [0.29, 0.717) is 6.54 Å². The van der Waals surface area contributed by atoms with E-state index in [0.717, 1.165) is 19.2 Å². The zero-order valence-electron chi connectivity index (χ0n) is 9.71. The molecule has 0 heterocycles. The Morgan fingerprint density at radius 1 is 1.25 bits per heavy atom. The summed E-state index contributed by atoms with van der Waals surface area (Å²) in [5.41, 5.74) is 6.11. The van der Waals surface area contributed by atoms with Crippen LogP contribution in [0.3, 0.4) is 0 Å². The molecular formula is C12H18F2N2. The summed E-state index contributed by atoms with van der Waals surface area (Å²) in [7, 11) is 0. The van der Waals surface area contributed by atoms with Crippen LogP contribution in [0.2, 0.25) is 0 Å². The van der Waals surface area contributed by atoms with Crippen LogP contribution in [0.4, 0.5) is 8.78 Å². The van der Waals surface area contributed by atoms with Crippen molar-refractivity contribution in [3.8, 4) is 0 Å². The molecule has 0 saturated carbocycles. The van der Waals surface area contributed by atoms with Gasteiger partial charge < -0.3 is 10.6 Å². The summed E-state index contributed by atoms with van der Waals surface area (Å²) in [5.74, 6) is -1.67. The van der Waals surface area contributed by atoms with Crippen LogP contribution >= 0.6 is 0 Å². The van der Waals surface area contributed by atoms with Crippen molar-refractivity contribution in [2.24, 2.45) is 5.73 Å². The van der Waals surface area contributed by atoms with Gasteiger partial charge >= 0.3 is 0 Å². The Kier molecular flexibility index (Phi) is 4.83. The number of hydrogen-bond acceptors (Lipinski definition) is 2. The van der Waals surface area contributed by atoms with Gasteiger partial charge in [-0.2, -0.15) is 0 Å². The summed E-state index contributed by atoms with van der Waals surface area (Å²) in [6.07, 6.45) is 0. The Balaban J connectivity index is 2.80. The molecule has 0 bridgehead atoms. The molecule has 4 heteroatoms. The smallest absolute Gasteiger partial charge is 0.163 e. The monoisotopic (exact) mass is 228 g/mol. The van der Waals surface area contributed by atoms with Crippen LogP contribution < -0.4 is 5.73 Å². The van der Waals surface area contributed by atoms with Gasteiger partial charge in [-0.05, 0) is 19.2 Å². The highest BCUT2D eigenvalue weighted by Gasteiger charge is 2.16. The summed E-state index contributed by atoms with van der Waals surface area (Å²) in [5, 5.41) is 0. The van der Waals surface area contributed by atoms with Gasteiger partial charge in [-0.25, -0.2) is 8.78 Å². The molecule has 1 aromatic rings. The first-order valence-electron chi connectivity index (χ1n) is 5.52. The Morgan fingerprint density at radius 2 is 1.88 bits per heavy atom. The second-order valence-corrected chi connectivity index (χ2v) is 3.74. The fourth-order valence-corrected chi connectivity index (χ4v) is 1.67. The van der Waals surface area contributed by atoms with E-state index >= 15 is 0 Å². The third-order valence-electron chi connectivity index (χ3n) is 2.73. The van der Waals surface area contributed by atoms with Crippen molar-refractivity contribution in [2.45, 2.75) is 19.9 Å². The van der Waals surface area contributed by atoms with Crippen LogP contribution in [0.1, 0.15) is 25.5 Å². The molecule has 0 saturated heterocycles. The minimum atomic E-state index is -0.840. The van der Waals surface area contributed by atoms with Gasteiger partial charge in [0.05, 0.1) is 0 Å². The largest absolute Gasteiger partial charge is 0.323 e. The molecule has 1 aromatic carbocycles. The molecule has 0 aromatic heterocycles. The lowest BCUT2D eigenvalue weighted by Crippen LogP contribution is -2.32. The van der Waals surface area contributed by atoms with Crippen molar-refractivity contribution in [3.63, 3.8) is 0 Å². The van der Waals surface area contributed by atoms with Crippen molar-refractivity contribution in [3.05, 3.63) is 35.4 Å². The first kappa shape index (κ1) is 13.1. The zero-order valence-corrected chi connectivity index (χ0v) is 9.71. The first-order valence-corrected chi connectivity index (χ1v) is 5.52. The maximum Gasteiger partial charge on any atom is 0.163 e. The van der Waals surface area contributed by atoms with E-state index in [-0.39, 0.29) is 5.56 Å². The Hall–Kier alpha value is -1.00. The molecule has 1 rings (SSSR count). The summed E-state index contributed by atoms with van der Waals surface area (Å²) < 4.78 is 26.4. The molecule has 1 unspecified atom stereocenters. The average molecular weight is 228 g/mol. The fraction of sp³-hybridized carbons (Fsp3) is 0.500. The van der Waals surface area contributed by atoms with E-state index in [1.165, 1.54) is 12.1 Å². The lowest BCUT2D eigenvalue weighted by atomic mass is 10.1. The van der Waals surface area contributed by atoms with Crippen LogP contribution in [0.15, 0.2) is 18.2 Å². The highest BCUT2D eigenvalue weighted by molar-refractivity contribution is 5.22. The fourth-order valence-electron chi connectivity index (χ4n) is 1.67. The quantitative estimate of drug-likeness (QED) is 0.838.